The van der Waals surface area contributed by atoms with Gasteiger partial charge >= 0.3 is 0 Å². The standard InChI is InChI=1S/C17H28BrFN4O/c1-4-20-17(21-6-8-23(2)7-5-9-24-3)22-13-14-10-15(18)12-16(19)11-14/h10-12H,4-9,13H2,1-3H3,(H2,20,21,22). The van der Waals surface area contributed by atoms with Crippen LogP contribution in [0.1, 0.15) is 18.9 Å². The Bertz CT molecular complexity index is 493. The molecule has 136 valence electrons. The quantitative estimate of drug-likeness (QED) is 0.358. The van der Waals surface area contributed by atoms with Crippen LogP contribution in [-0.2, 0) is 11.3 Å². The van der Waals surface area contributed by atoms with Crippen LogP contribution in [0.4, 0.5) is 4.39 Å². The van der Waals surface area contributed by atoms with Gasteiger partial charge in [0.05, 0.1) is 6.54 Å². The van der Waals surface area contributed by atoms with Gasteiger partial charge < -0.3 is 20.3 Å². The first-order valence-electron chi connectivity index (χ1n) is 8.19. The zero-order valence-electron chi connectivity index (χ0n) is 14.7. The molecule has 7 heteroatoms. The smallest absolute Gasteiger partial charge is 0.191 e. The largest absolute Gasteiger partial charge is 0.385 e. The first-order chi connectivity index (χ1) is 11.5. The highest BCUT2D eigenvalue weighted by atomic mass is 79.9. The normalized spacial score (nSPS) is 11.8. The van der Waals surface area contributed by atoms with E-state index in [9.17, 15) is 4.39 Å². The fraction of sp³-hybridized carbons (Fsp3) is 0.588. The highest BCUT2D eigenvalue weighted by Crippen LogP contribution is 2.15. The maximum atomic E-state index is 13.4. The Kier molecular flexibility index (Phi) is 10.6. The number of aliphatic imine (C=N–C) groups is 1. The Morgan fingerprint density at radius 1 is 1.29 bits per heavy atom. The summed E-state index contributed by atoms with van der Waals surface area (Å²) in [6, 6.07) is 4.82. The molecule has 0 aromatic heterocycles. The van der Waals surface area contributed by atoms with Crippen molar-refractivity contribution in [1.29, 1.82) is 0 Å². The van der Waals surface area contributed by atoms with Crippen molar-refractivity contribution in [2.24, 2.45) is 4.99 Å². The number of ether oxygens (including phenoxy) is 1. The Morgan fingerprint density at radius 3 is 2.75 bits per heavy atom. The summed E-state index contributed by atoms with van der Waals surface area (Å²) >= 11 is 3.30. The lowest BCUT2D eigenvalue weighted by molar-refractivity contribution is 0.180. The van der Waals surface area contributed by atoms with Gasteiger partial charge in [-0.05, 0) is 44.2 Å². The van der Waals surface area contributed by atoms with Crippen LogP contribution in [0.2, 0.25) is 0 Å². The third-order valence-electron chi connectivity index (χ3n) is 3.36. The fourth-order valence-corrected chi connectivity index (χ4v) is 2.68. The minimum Gasteiger partial charge on any atom is -0.385 e. The number of nitrogens with zero attached hydrogens (tertiary/aromatic N) is 2. The summed E-state index contributed by atoms with van der Waals surface area (Å²) in [6.45, 7) is 6.72. The van der Waals surface area contributed by atoms with Gasteiger partial charge in [-0.15, -0.1) is 0 Å². The van der Waals surface area contributed by atoms with Crippen molar-refractivity contribution in [3.8, 4) is 0 Å². The molecule has 24 heavy (non-hydrogen) atoms. The minimum atomic E-state index is -0.259. The van der Waals surface area contributed by atoms with Crippen molar-refractivity contribution in [3.05, 3.63) is 34.1 Å². The number of rotatable bonds is 10. The number of hydrogen-bond acceptors (Lipinski definition) is 3. The second-order valence-corrected chi connectivity index (χ2v) is 6.46. The van der Waals surface area contributed by atoms with Gasteiger partial charge in [0.2, 0.25) is 0 Å². The number of hydrogen-bond donors (Lipinski definition) is 2. The van der Waals surface area contributed by atoms with Crippen molar-refractivity contribution in [1.82, 2.24) is 15.5 Å². The molecule has 5 nitrogen and oxygen atoms in total. The average Bonchev–Trinajstić information content (AvgIpc) is 2.52. The summed E-state index contributed by atoms with van der Waals surface area (Å²) in [7, 11) is 3.81. The van der Waals surface area contributed by atoms with E-state index in [1.165, 1.54) is 12.1 Å². The van der Waals surface area contributed by atoms with E-state index in [2.05, 4.69) is 43.5 Å². The summed E-state index contributed by atoms with van der Waals surface area (Å²) in [6.07, 6.45) is 1.02. The van der Waals surface area contributed by atoms with Crippen molar-refractivity contribution in [3.63, 3.8) is 0 Å². The van der Waals surface area contributed by atoms with Gasteiger partial charge in [-0.25, -0.2) is 9.38 Å². The molecule has 0 aliphatic heterocycles. The monoisotopic (exact) mass is 402 g/mol. The van der Waals surface area contributed by atoms with Crippen molar-refractivity contribution < 1.29 is 9.13 Å². The zero-order chi connectivity index (χ0) is 17.8. The molecule has 2 N–H and O–H groups in total. The molecule has 0 saturated heterocycles. The number of methoxy groups -OCH3 is 1. The van der Waals surface area contributed by atoms with Crippen LogP contribution in [0.15, 0.2) is 27.7 Å². The van der Waals surface area contributed by atoms with E-state index in [0.29, 0.717) is 6.54 Å². The van der Waals surface area contributed by atoms with Crippen molar-refractivity contribution >= 4 is 21.9 Å². The Hall–Kier alpha value is -1.18. The van der Waals surface area contributed by atoms with E-state index in [-0.39, 0.29) is 5.82 Å². The molecule has 0 bridgehead atoms. The van der Waals surface area contributed by atoms with E-state index in [1.807, 2.05) is 13.0 Å². The zero-order valence-corrected chi connectivity index (χ0v) is 16.3. The van der Waals surface area contributed by atoms with Gasteiger partial charge in [0.15, 0.2) is 5.96 Å². The summed E-state index contributed by atoms with van der Waals surface area (Å²) in [5, 5.41) is 6.50. The van der Waals surface area contributed by atoms with Gasteiger partial charge in [-0.2, -0.15) is 0 Å². The predicted molar refractivity (Wildman–Crippen MR) is 101 cm³/mol. The molecule has 0 spiro atoms. The Morgan fingerprint density at radius 2 is 2.08 bits per heavy atom. The third-order valence-corrected chi connectivity index (χ3v) is 3.82. The molecule has 0 saturated carbocycles. The number of benzene rings is 1. The summed E-state index contributed by atoms with van der Waals surface area (Å²) in [5.74, 6) is 0.480. The average molecular weight is 403 g/mol. The highest BCUT2D eigenvalue weighted by Gasteiger charge is 2.02. The molecule has 0 heterocycles. The van der Waals surface area contributed by atoms with E-state index in [4.69, 9.17) is 4.74 Å². The van der Waals surface area contributed by atoms with Gasteiger partial charge in [0, 0.05) is 44.4 Å². The second kappa shape index (κ2) is 12.2. The SMILES string of the molecule is CCNC(=NCc1cc(F)cc(Br)c1)NCCN(C)CCCOC. The lowest BCUT2D eigenvalue weighted by Gasteiger charge is -2.18. The molecule has 0 fully saturated rings. The third kappa shape index (κ3) is 9.20. The topological polar surface area (TPSA) is 48.9 Å². The van der Waals surface area contributed by atoms with Crippen LogP contribution in [0.25, 0.3) is 0 Å². The van der Waals surface area contributed by atoms with Crippen LogP contribution < -0.4 is 10.6 Å². The van der Waals surface area contributed by atoms with Crippen LogP contribution in [0.5, 0.6) is 0 Å². The Balaban J connectivity index is 2.44. The number of guanidine groups is 1. The Labute approximate surface area is 152 Å². The number of halogens is 2. The molecular weight excluding hydrogens is 375 g/mol. The first kappa shape index (κ1) is 20.9. The molecule has 1 aromatic rings. The molecule has 0 aliphatic carbocycles. The molecule has 0 radical (unpaired) electrons. The van der Waals surface area contributed by atoms with E-state index in [1.54, 1.807) is 7.11 Å². The fourth-order valence-electron chi connectivity index (χ4n) is 2.17. The molecule has 0 atom stereocenters. The van der Waals surface area contributed by atoms with Gasteiger partial charge in [-0.3, -0.25) is 0 Å². The van der Waals surface area contributed by atoms with E-state index >= 15 is 0 Å². The van der Waals surface area contributed by atoms with Crippen LogP contribution in [-0.4, -0.2) is 57.8 Å². The van der Waals surface area contributed by atoms with Gasteiger partial charge in [0.1, 0.15) is 5.82 Å². The first-order valence-corrected chi connectivity index (χ1v) is 8.99. The maximum Gasteiger partial charge on any atom is 0.191 e. The van der Waals surface area contributed by atoms with Crippen molar-refractivity contribution in [2.45, 2.75) is 19.9 Å². The second-order valence-electron chi connectivity index (χ2n) is 5.55. The van der Waals surface area contributed by atoms with Crippen LogP contribution >= 0.6 is 15.9 Å². The lowest BCUT2D eigenvalue weighted by Crippen LogP contribution is -2.41. The molecule has 0 aliphatic rings. The van der Waals surface area contributed by atoms with Gasteiger partial charge in [0.25, 0.3) is 0 Å². The number of nitrogens with one attached hydrogen (secondary N) is 2. The molecule has 1 rings (SSSR count). The number of likely N-dealkylation sites (N-methyl/N-ethyl adjacent to an activating group) is 1. The lowest BCUT2D eigenvalue weighted by atomic mass is 10.2. The van der Waals surface area contributed by atoms with Crippen LogP contribution in [0, 0.1) is 5.82 Å². The molecule has 0 amide bonds. The van der Waals surface area contributed by atoms with Crippen LogP contribution in [0.3, 0.4) is 0 Å². The molecule has 0 unspecified atom stereocenters. The van der Waals surface area contributed by atoms with E-state index in [0.717, 1.165) is 55.2 Å². The minimum absolute atomic E-state index is 0.259. The summed E-state index contributed by atoms with van der Waals surface area (Å²) in [5.41, 5.74) is 0.829. The highest BCUT2D eigenvalue weighted by molar-refractivity contribution is 9.10. The molecule has 1 aromatic carbocycles. The summed E-state index contributed by atoms with van der Waals surface area (Å²) < 4.78 is 19.2. The van der Waals surface area contributed by atoms with Crippen molar-refractivity contribution in [2.75, 3.05) is 46.9 Å². The maximum absolute atomic E-state index is 13.4. The predicted octanol–water partition coefficient (Wildman–Crippen LogP) is 2.61. The van der Waals surface area contributed by atoms with E-state index < -0.39 is 0 Å². The van der Waals surface area contributed by atoms with Gasteiger partial charge in [-0.1, -0.05) is 15.9 Å². The summed E-state index contributed by atoms with van der Waals surface area (Å²) in [4.78, 5) is 6.76. The molecular formula is C17H28BrFN4O.